The maximum Gasteiger partial charge on any atom is 0.330 e. The molecule has 0 amide bonds. The molecule has 0 saturated heterocycles. The zero-order chi connectivity index (χ0) is 29.6. The standard InChI is InChI=1S/C35H54O5/c1-20(2)18-28(37)40-27-19-25-31(5,6)26(36)13-14-32(25,7)24-11-10-23-29-22(21(3)4)12-15-35(29,30(38)39)17-16-33(23,8)34(24,27)9/h18,22-27,29,36H,3,10-17,19H2,1-2,4-9H3,(H,38,39). The predicted octanol–water partition coefficient (Wildman–Crippen LogP) is 7.58. The first kappa shape index (κ1) is 29.9. The number of aliphatic carboxylic acids is 1. The summed E-state index contributed by atoms with van der Waals surface area (Å²) in [6.45, 7) is 22.0. The Labute approximate surface area is 242 Å². The summed E-state index contributed by atoms with van der Waals surface area (Å²) in [7, 11) is 0. The fourth-order valence-electron chi connectivity index (χ4n) is 12.0. The quantitative estimate of drug-likeness (QED) is 0.213. The van der Waals surface area contributed by atoms with E-state index in [2.05, 4.69) is 48.1 Å². The number of ether oxygens (including phenoxy) is 1. The minimum absolute atomic E-state index is 0.0235. The summed E-state index contributed by atoms with van der Waals surface area (Å²) in [6, 6.07) is 0. The van der Waals surface area contributed by atoms with Gasteiger partial charge in [-0.15, -0.1) is 0 Å². The molecule has 5 rings (SSSR count). The number of hydrogen-bond donors (Lipinski definition) is 2. The van der Waals surface area contributed by atoms with Gasteiger partial charge < -0.3 is 14.9 Å². The van der Waals surface area contributed by atoms with E-state index >= 15 is 0 Å². The second kappa shape index (κ2) is 9.44. The van der Waals surface area contributed by atoms with Crippen molar-refractivity contribution in [3.8, 4) is 0 Å². The molecule has 0 aliphatic heterocycles. The molecule has 0 radical (unpaired) electrons. The van der Waals surface area contributed by atoms with Crippen LogP contribution in [0.25, 0.3) is 0 Å². The molecule has 5 saturated carbocycles. The van der Waals surface area contributed by atoms with E-state index in [-0.39, 0.29) is 63.5 Å². The normalized spacial score (nSPS) is 49.0. The van der Waals surface area contributed by atoms with Gasteiger partial charge in [0.2, 0.25) is 0 Å². The number of carbonyl (C=O) groups is 2. The topological polar surface area (TPSA) is 83.8 Å². The molecule has 0 aromatic carbocycles. The van der Waals surface area contributed by atoms with Gasteiger partial charge in [-0.3, -0.25) is 4.79 Å². The second-order valence-electron chi connectivity index (χ2n) is 16.2. The van der Waals surface area contributed by atoms with Gasteiger partial charge >= 0.3 is 11.9 Å². The number of esters is 1. The Morgan fingerprint density at radius 1 is 0.900 bits per heavy atom. The highest BCUT2D eigenvalue weighted by atomic mass is 16.5. The molecule has 11 atom stereocenters. The summed E-state index contributed by atoms with van der Waals surface area (Å²) in [5.41, 5.74) is 0.662. The molecule has 224 valence electrons. The number of rotatable bonds is 4. The van der Waals surface area contributed by atoms with Gasteiger partial charge in [0.05, 0.1) is 11.5 Å². The number of aliphatic hydroxyl groups excluding tert-OH is 1. The van der Waals surface area contributed by atoms with E-state index in [0.717, 1.165) is 62.5 Å². The van der Waals surface area contributed by atoms with E-state index in [1.807, 2.05) is 13.8 Å². The van der Waals surface area contributed by atoms with Crippen molar-refractivity contribution in [1.29, 1.82) is 0 Å². The van der Waals surface area contributed by atoms with E-state index in [9.17, 15) is 19.8 Å². The molecule has 5 aliphatic rings. The molecular formula is C35H54O5. The van der Waals surface area contributed by atoms with Crippen molar-refractivity contribution in [1.82, 2.24) is 0 Å². The van der Waals surface area contributed by atoms with Crippen molar-refractivity contribution in [2.24, 2.45) is 56.7 Å². The van der Waals surface area contributed by atoms with Crippen LogP contribution in [0.2, 0.25) is 0 Å². The van der Waals surface area contributed by atoms with Crippen LogP contribution >= 0.6 is 0 Å². The molecule has 5 fully saturated rings. The summed E-state index contributed by atoms with van der Waals surface area (Å²) in [5, 5.41) is 21.8. The van der Waals surface area contributed by atoms with Crippen LogP contribution in [-0.4, -0.2) is 34.4 Å². The van der Waals surface area contributed by atoms with Crippen molar-refractivity contribution in [2.75, 3.05) is 0 Å². The van der Waals surface area contributed by atoms with Crippen molar-refractivity contribution >= 4 is 11.9 Å². The molecule has 5 nitrogen and oxygen atoms in total. The number of fused-ring (bicyclic) bond motifs is 7. The Morgan fingerprint density at radius 3 is 2.17 bits per heavy atom. The van der Waals surface area contributed by atoms with E-state index in [1.165, 1.54) is 0 Å². The lowest BCUT2D eigenvalue weighted by molar-refractivity contribution is -0.285. The van der Waals surface area contributed by atoms with Crippen LogP contribution in [0, 0.1) is 56.7 Å². The van der Waals surface area contributed by atoms with Gasteiger partial charge in [0.1, 0.15) is 6.10 Å². The lowest BCUT2D eigenvalue weighted by Crippen LogP contribution is -2.71. The third-order valence-electron chi connectivity index (χ3n) is 14.2. The molecule has 0 spiro atoms. The molecule has 0 aromatic rings. The van der Waals surface area contributed by atoms with Crippen LogP contribution in [0.5, 0.6) is 0 Å². The molecule has 0 aromatic heterocycles. The Bertz CT molecular complexity index is 1120. The summed E-state index contributed by atoms with van der Waals surface area (Å²) >= 11 is 0. The molecule has 11 unspecified atom stereocenters. The molecule has 0 heterocycles. The first-order valence-electron chi connectivity index (χ1n) is 15.9. The second-order valence-corrected chi connectivity index (χ2v) is 16.2. The largest absolute Gasteiger partial charge is 0.481 e. The lowest BCUT2D eigenvalue weighted by Gasteiger charge is -2.73. The zero-order valence-corrected chi connectivity index (χ0v) is 26.3. The van der Waals surface area contributed by atoms with Crippen LogP contribution in [0.15, 0.2) is 23.8 Å². The highest BCUT2D eigenvalue weighted by Gasteiger charge is 2.74. The van der Waals surface area contributed by atoms with Gasteiger partial charge in [-0.1, -0.05) is 52.3 Å². The fraction of sp³-hybridized carbons (Fsp3) is 0.829. The Hall–Kier alpha value is -1.62. The minimum atomic E-state index is -0.677. The third-order valence-corrected chi connectivity index (χ3v) is 14.2. The van der Waals surface area contributed by atoms with Crippen LogP contribution in [-0.2, 0) is 14.3 Å². The Morgan fingerprint density at radius 2 is 1.57 bits per heavy atom. The van der Waals surface area contributed by atoms with Crippen molar-refractivity contribution in [3.05, 3.63) is 23.8 Å². The molecular weight excluding hydrogens is 500 g/mol. The van der Waals surface area contributed by atoms with Crippen molar-refractivity contribution in [2.45, 2.75) is 125 Å². The first-order chi connectivity index (χ1) is 18.5. The number of hydrogen-bond acceptors (Lipinski definition) is 4. The Balaban J connectivity index is 1.66. The van der Waals surface area contributed by atoms with Crippen LogP contribution < -0.4 is 0 Å². The average Bonchev–Trinajstić information content (AvgIpc) is 3.25. The highest BCUT2D eigenvalue weighted by molar-refractivity contribution is 5.82. The third kappa shape index (κ3) is 3.81. The van der Waals surface area contributed by atoms with Crippen LogP contribution in [0.3, 0.4) is 0 Å². The minimum Gasteiger partial charge on any atom is -0.481 e. The van der Waals surface area contributed by atoms with E-state index in [1.54, 1.807) is 6.08 Å². The number of carbonyl (C=O) groups excluding carboxylic acids is 1. The molecule has 0 bridgehead atoms. The maximum absolute atomic E-state index is 13.3. The maximum atomic E-state index is 13.3. The summed E-state index contributed by atoms with van der Waals surface area (Å²) in [4.78, 5) is 26.3. The van der Waals surface area contributed by atoms with Crippen molar-refractivity contribution in [3.63, 3.8) is 0 Å². The first-order valence-corrected chi connectivity index (χ1v) is 15.9. The summed E-state index contributed by atoms with van der Waals surface area (Å²) in [6.07, 6.45) is 8.71. The van der Waals surface area contributed by atoms with E-state index in [4.69, 9.17) is 4.74 Å². The zero-order valence-electron chi connectivity index (χ0n) is 26.3. The predicted molar refractivity (Wildman–Crippen MR) is 157 cm³/mol. The van der Waals surface area contributed by atoms with Crippen molar-refractivity contribution < 1.29 is 24.5 Å². The summed E-state index contributed by atoms with van der Waals surface area (Å²) in [5.74, 6) is 0.216. The van der Waals surface area contributed by atoms with Gasteiger partial charge in [-0.25, -0.2) is 4.79 Å². The monoisotopic (exact) mass is 554 g/mol. The number of allylic oxidation sites excluding steroid dienone is 2. The van der Waals surface area contributed by atoms with Crippen LogP contribution in [0.4, 0.5) is 0 Å². The molecule has 5 aliphatic carbocycles. The molecule has 5 heteroatoms. The van der Waals surface area contributed by atoms with Crippen LogP contribution in [0.1, 0.15) is 113 Å². The smallest absolute Gasteiger partial charge is 0.330 e. The fourth-order valence-corrected chi connectivity index (χ4v) is 12.0. The van der Waals surface area contributed by atoms with Gasteiger partial charge in [0.25, 0.3) is 0 Å². The summed E-state index contributed by atoms with van der Waals surface area (Å²) < 4.78 is 6.54. The van der Waals surface area contributed by atoms with E-state index < -0.39 is 11.4 Å². The highest BCUT2D eigenvalue weighted by Crippen LogP contribution is 2.77. The number of carboxylic acids is 1. The van der Waals surface area contributed by atoms with Gasteiger partial charge in [-0.2, -0.15) is 0 Å². The molecule has 2 N–H and O–H groups in total. The lowest BCUT2D eigenvalue weighted by atomic mass is 9.31. The van der Waals surface area contributed by atoms with Gasteiger partial charge in [0.15, 0.2) is 0 Å². The average molecular weight is 555 g/mol. The number of aliphatic hydroxyl groups is 1. The SMILES string of the molecule is C=C(C)C1CCC2(C(=O)O)CCC3(C)C(CCC4C5(C)CCC(O)C(C)(C)C5CC(OC(=O)C=C(C)C)C43C)C12. The molecule has 40 heavy (non-hydrogen) atoms. The number of carboxylic acid groups (broad SMARTS) is 1. The van der Waals surface area contributed by atoms with Gasteiger partial charge in [0, 0.05) is 11.5 Å². The van der Waals surface area contributed by atoms with Gasteiger partial charge in [-0.05, 0) is 124 Å². The van der Waals surface area contributed by atoms with E-state index in [0.29, 0.717) is 12.3 Å². The Kier molecular flexibility index (Phi) is 7.05.